The number of ether oxygens (including phenoxy) is 2. The van der Waals surface area contributed by atoms with Crippen molar-refractivity contribution in [2.45, 2.75) is 39.2 Å². The van der Waals surface area contributed by atoms with Crippen molar-refractivity contribution in [3.63, 3.8) is 0 Å². The number of nitrogens with zero attached hydrogens (tertiary/aromatic N) is 1. The maximum Gasteiger partial charge on any atom is 0.0830 e. The monoisotopic (exact) mass is 197 g/mol. The van der Waals surface area contributed by atoms with Crippen LogP contribution in [0.2, 0.25) is 0 Å². The first-order chi connectivity index (χ1) is 6.64. The highest BCUT2D eigenvalue weighted by molar-refractivity contribution is 4.91. The fraction of sp³-hybridized carbons (Fsp3) is 0.909. The molecular weight excluding hydrogens is 178 g/mol. The van der Waals surface area contributed by atoms with E-state index in [2.05, 4.69) is 6.07 Å². The Morgan fingerprint density at radius 3 is 2.93 bits per heavy atom. The summed E-state index contributed by atoms with van der Waals surface area (Å²) in [6.07, 6.45) is 3.16. The second-order valence-electron chi connectivity index (χ2n) is 4.46. The summed E-state index contributed by atoms with van der Waals surface area (Å²) in [5.74, 6) is 0. The van der Waals surface area contributed by atoms with E-state index in [-0.39, 0.29) is 5.41 Å². The summed E-state index contributed by atoms with van der Waals surface area (Å²) in [5, 5.41) is 8.79. The molecule has 0 aliphatic carbocycles. The molecule has 14 heavy (non-hydrogen) atoms. The van der Waals surface area contributed by atoms with Gasteiger partial charge in [0.05, 0.1) is 24.2 Å². The minimum Gasteiger partial charge on any atom is -0.379 e. The molecule has 1 rings (SSSR count). The molecule has 3 heteroatoms. The van der Waals surface area contributed by atoms with Gasteiger partial charge in [-0.25, -0.2) is 0 Å². The minimum atomic E-state index is -0.213. The largest absolute Gasteiger partial charge is 0.379 e. The molecule has 0 aromatic rings. The Morgan fingerprint density at radius 2 is 2.36 bits per heavy atom. The van der Waals surface area contributed by atoms with Crippen LogP contribution in [0, 0.1) is 16.7 Å². The van der Waals surface area contributed by atoms with Crippen molar-refractivity contribution in [3.8, 4) is 6.07 Å². The molecule has 0 aromatic carbocycles. The zero-order valence-electron chi connectivity index (χ0n) is 9.08. The van der Waals surface area contributed by atoms with E-state index in [4.69, 9.17) is 14.7 Å². The van der Waals surface area contributed by atoms with Crippen molar-refractivity contribution in [2.75, 3.05) is 19.8 Å². The van der Waals surface area contributed by atoms with Crippen LogP contribution in [0.25, 0.3) is 0 Å². The van der Waals surface area contributed by atoms with Crippen LogP contribution < -0.4 is 0 Å². The molecule has 0 radical (unpaired) electrons. The molecule has 1 aliphatic rings. The van der Waals surface area contributed by atoms with Crippen molar-refractivity contribution < 1.29 is 9.47 Å². The molecule has 1 atom stereocenters. The van der Waals surface area contributed by atoms with Gasteiger partial charge in [-0.1, -0.05) is 0 Å². The molecule has 1 fully saturated rings. The Kier molecular flexibility index (Phi) is 4.37. The van der Waals surface area contributed by atoms with E-state index in [0.717, 1.165) is 39.1 Å². The summed E-state index contributed by atoms with van der Waals surface area (Å²) in [6.45, 7) is 6.24. The lowest BCUT2D eigenvalue weighted by Crippen LogP contribution is -2.15. The molecule has 3 nitrogen and oxygen atoms in total. The van der Waals surface area contributed by atoms with Crippen LogP contribution in [-0.2, 0) is 9.47 Å². The van der Waals surface area contributed by atoms with Gasteiger partial charge in [0.2, 0.25) is 0 Å². The normalized spacial score (nSPS) is 22.2. The van der Waals surface area contributed by atoms with Gasteiger partial charge in [-0.05, 0) is 33.1 Å². The Morgan fingerprint density at radius 1 is 1.57 bits per heavy atom. The average molecular weight is 197 g/mol. The van der Waals surface area contributed by atoms with Gasteiger partial charge in [0.15, 0.2) is 0 Å². The molecule has 1 heterocycles. The Bertz CT molecular complexity index is 202. The lowest BCUT2D eigenvalue weighted by Gasteiger charge is -2.15. The molecule has 0 amide bonds. The Hall–Kier alpha value is -0.590. The molecule has 0 bridgehead atoms. The number of rotatable bonds is 5. The van der Waals surface area contributed by atoms with Gasteiger partial charge in [-0.2, -0.15) is 5.26 Å². The van der Waals surface area contributed by atoms with Crippen molar-refractivity contribution >= 4 is 0 Å². The standard InChI is InChI=1S/C11H19NO2/c1-11(2,9-12)5-3-6-14-10-4-7-13-8-10/h10H,3-8H2,1-2H3. The fourth-order valence-electron chi connectivity index (χ4n) is 1.46. The second-order valence-corrected chi connectivity index (χ2v) is 4.46. The summed E-state index contributed by atoms with van der Waals surface area (Å²) in [4.78, 5) is 0. The van der Waals surface area contributed by atoms with E-state index in [1.165, 1.54) is 0 Å². The van der Waals surface area contributed by atoms with E-state index in [1.54, 1.807) is 0 Å². The summed E-state index contributed by atoms with van der Waals surface area (Å²) >= 11 is 0. The highest BCUT2D eigenvalue weighted by atomic mass is 16.5. The molecule has 1 aliphatic heterocycles. The number of nitriles is 1. The lowest BCUT2D eigenvalue weighted by atomic mass is 9.90. The zero-order chi connectivity index (χ0) is 10.4. The van der Waals surface area contributed by atoms with Crippen LogP contribution in [0.5, 0.6) is 0 Å². The van der Waals surface area contributed by atoms with Crippen LogP contribution in [0.15, 0.2) is 0 Å². The number of hydrogen-bond acceptors (Lipinski definition) is 3. The molecule has 0 aromatic heterocycles. The fourth-order valence-corrected chi connectivity index (χ4v) is 1.46. The first-order valence-corrected chi connectivity index (χ1v) is 5.25. The van der Waals surface area contributed by atoms with Gasteiger partial charge in [-0.3, -0.25) is 0 Å². The summed E-state index contributed by atoms with van der Waals surface area (Å²) in [7, 11) is 0. The Labute approximate surface area is 86.0 Å². The molecule has 0 saturated carbocycles. The molecule has 0 N–H and O–H groups in total. The third-order valence-corrected chi connectivity index (χ3v) is 2.49. The van der Waals surface area contributed by atoms with Crippen molar-refractivity contribution in [1.82, 2.24) is 0 Å². The molecule has 80 valence electrons. The van der Waals surface area contributed by atoms with Crippen LogP contribution in [0.4, 0.5) is 0 Å². The van der Waals surface area contributed by atoms with Crippen LogP contribution in [0.1, 0.15) is 33.1 Å². The van der Waals surface area contributed by atoms with E-state index < -0.39 is 0 Å². The average Bonchev–Trinajstić information content (AvgIpc) is 2.65. The van der Waals surface area contributed by atoms with Gasteiger partial charge >= 0.3 is 0 Å². The van der Waals surface area contributed by atoms with Gasteiger partial charge in [0.25, 0.3) is 0 Å². The molecule has 0 spiro atoms. The third kappa shape index (κ3) is 4.08. The zero-order valence-corrected chi connectivity index (χ0v) is 9.08. The van der Waals surface area contributed by atoms with Crippen molar-refractivity contribution in [2.24, 2.45) is 5.41 Å². The summed E-state index contributed by atoms with van der Waals surface area (Å²) < 4.78 is 10.8. The number of hydrogen-bond donors (Lipinski definition) is 0. The second kappa shape index (κ2) is 5.33. The van der Waals surface area contributed by atoms with Crippen LogP contribution in [0.3, 0.4) is 0 Å². The maximum absolute atomic E-state index is 8.79. The van der Waals surface area contributed by atoms with E-state index in [9.17, 15) is 0 Å². The highest BCUT2D eigenvalue weighted by Crippen LogP contribution is 2.20. The SMILES string of the molecule is CC(C)(C#N)CCCOC1CCOC1. The lowest BCUT2D eigenvalue weighted by molar-refractivity contribution is 0.0384. The quantitative estimate of drug-likeness (QED) is 0.634. The van der Waals surface area contributed by atoms with Gasteiger partial charge in [0, 0.05) is 13.2 Å². The predicted octanol–water partition coefficient (Wildman–Crippen LogP) is 2.12. The summed E-state index contributed by atoms with van der Waals surface area (Å²) in [5.41, 5.74) is -0.213. The molecular formula is C11H19NO2. The van der Waals surface area contributed by atoms with Crippen LogP contribution >= 0.6 is 0 Å². The van der Waals surface area contributed by atoms with Crippen LogP contribution in [-0.4, -0.2) is 25.9 Å². The van der Waals surface area contributed by atoms with E-state index in [0.29, 0.717) is 6.10 Å². The van der Waals surface area contributed by atoms with Crippen molar-refractivity contribution in [1.29, 1.82) is 5.26 Å². The van der Waals surface area contributed by atoms with Gasteiger partial charge in [0.1, 0.15) is 0 Å². The minimum absolute atomic E-state index is 0.213. The predicted molar refractivity (Wildman–Crippen MR) is 53.8 cm³/mol. The third-order valence-electron chi connectivity index (χ3n) is 2.49. The smallest absolute Gasteiger partial charge is 0.0830 e. The highest BCUT2D eigenvalue weighted by Gasteiger charge is 2.18. The van der Waals surface area contributed by atoms with E-state index in [1.807, 2.05) is 13.8 Å². The first kappa shape index (κ1) is 11.5. The summed E-state index contributed by atoms with van der Waals surface area (Å²) in [6, 6.07) is 2.29. The van der Waals surface area contributed by atoms with Crippen molar-refractivity contribution in [3.05, 3.63) is 0 Å². The maximum atomic E-state index is 8.79. The van der Waals surface area contributed by atoms with E-state index >= 15 is 0 Å². The topological polar surface area (TPSA) is 42.2 Å². The Balaban J connectivity index is 2.02. The molecule has 1 saturated heterocycles. The van der Waals surface area contributed by atoms with Gasteiger partial charge < -0.3 is 9.47 Å². The first-order valence-electron chi connectivity index (χ1n) is 5.25. The van der Waals surface area contributed by atoms with Gasteiger partial charge in [-0.15, -0.1) is 0 Å². The molecule has 1 unspecified atom stereocenters.